The van der Waals surface area contributed by atoms with E-state index in [1.807, 2.05) is 0 Å². The minimum absolute atomic E-state index is 0.0769. The first kappa shape index (κ1) is 28.4. The summed E-state index contributed by atoms with van der Waals surface area (Å²) in [5.74, 6) is -0.218. The highest BCUT2D eigenvalue weighted by Gasteiger charge is 2.33. The smallest absolute Gasteiger partial charge is 0.416 e. The van der Waals surface area contributed by atoms with E-state index in [1.165, 1.54) is 12.1 Å². The maximum Gasteiger partial charge on any atom is 0.416 e. The van der Waals surface area contributed by atoms with Crippen molar-refractivity contribution in [2.75, 3.05) is 56.2 Å². The number of nitrogens with one attached hydrogen (secondary N) is 2. The Morgan fingerprint density at radius 1 is 1.10 bits per heavy atom. The lowest BCUT2D eigenvalue weighted by Crippen LogP contribution is -2.49. The number of anilines is 3. The number of rotatable bonds is 8. The summed E-state index contributed by atoms with van der Waals surface area (Å²) in [6, 6.07) is 6.86. The second kappa shape index (κ2) is 12.1. The van der Waals surface area contributed by atoms with Crippen molar-refractivity contribution in [1.82, 2.24) is 9.88 Å². The van der Waals surface area contributed by atoms with Gasteiger partial charge in [0.05, 0.1) is 36.6 Å². The van der Waals surface area contributed by atoms with E-state index >= 15 is 0 Å². The molecule has 8 nitrogen and oxygen atoms in total. The van der Waals surface area contributed by atoms with Gasteiger partial charge in [0.25, 0.3) is 0 Å². The zero-order valence-electron chi connectivity index (χ0n) is 22.7. The van der Waals surface area contributed by atoms with E-state index < -0.39 is 17.7 Å². The van der Waals surface area contributed by atoms with E-state index in [0.717, 1.165) is 89.3 Å². The van der Waals surface area contributed by atoms with Crippen molar-refractivity contribution in [2.45, 2.75) is 51.2 Å². The Morgan fingerprint density at radius 2 is 1.77 bits per heavy atom. The Kier molecular flexibility index (Phi) is 8.60. The number of piperidine rings is 1. The second-order valence-corrected chi connectivity index (χ2v) is 10.6. The number of ether oxygens (including phenoxy) is 2. The molecule has 1 saturated carbocycles. The van der Waals surface area contributed by atoms with Gasteiger partial charge in [-0.25, -0.2) is 9.78 Å². The number of nitrogens with zero attached hydrogens (tertiary/aromatic N) is 3. The van der Waals surface area contributed by atoms with Crippen LogP contribution in [0.4, 0.5) is 30.4 Å². The van der Waals surface area contributed by atoms with Crippen molar-refractivity contribution in [1.29, 1.82) is 5.41 Å². The van der Waals surface area contributed by atoms with Crippen molar-refractivity contribution < 1.29 is 27.4 Å². The maximum atomic E-state index is 13.1. The van der Waals surface area contributed by atoms with Crippen molar-refractivity contribution in [3.8, 4) is 0 Å². The molecule has 0 spiro atoms. The lowest BCUT2D eigenvalue weighted by Gasteiger charge is -2.41. The molecule has 2 saturated heterocycles. The normalized spacial score (nSPS) is 19.2. The Balaban J connectivity index is 1.50. The van der Waals surface area contributed by atoms with Crippen LogP contribution in [0.5, 0.6) is 0 Å². The third-order valence-corrected chi connectivity index (χ3v) is 8.11. The van der Waals surface area contributed by atoms with E-state index in [9.17, 15) is 18.0 Å². The van der Waals surface area contributed by atoms with Crippen LogP contribution < -0.4 is 10.2 Å². The number of halogens is 3. The number of aromatic nitrogens is 1. The summed E-state index contributed by atoms with van der Waals surface area (Å²) in [4.78, 5) is 22.1. The number of carbonyl (C=O) groups excluding carboxylic acids is 1. The third kappa shape index (κ3) is 6.25. The van der Waals surface area contributed by atoms with Crippen LogP contribution in [-0.2, 0) is 15.7 Å². The molecule has 3 heterocycles. The van der Waals surface area contributed by atoms with Crippen LogP contribution >= 0.6 is 0 Å². The molecule has 11 heteroatoms. The van der Waals surface area contributed by atoms with Gasteiger partial charge in [0, 0.05) is 49.5 Å². The van der Waals surface area contributed by atoms with E-state index in [-0.39, 0.29) is 24.0 Å². The van der Waals surface area contributed by atoms with Gasteiger partial charge in [-0.15, -0.1) is 0 Å². The Morgan fingerprint density at radius 3 is 2.35 bits per heavy atom. The molecule has 216 valence electrons. The predicted molar refractivity (Wildman–Crippen MR) is 147 cm³/mol. The van der Waals surface area contributed by atoms with Crippen molar-refractivity contribution in [3.63, 3.8) is 0 Å². The van der Waals surface area contributed by atoms with Gasteiger partial charge in [-0.1, -0.05) is 6.42 Å². The average Bonchev–Trinajstić information content (AvgIpc) is 2.92. The molecule has 2 aromatic rings. The number of benzene rings is 1. The molecule has 2 N–H and O–H groups in total. The van der Waals surface area contributed by atoms with E-state index in [0.29, 0.717) is 23.0 Å². The molecule has 1 aliphatic carbocycles. The van der Waals surface area contributed by atoms with Crippen LogP contribution in [0.3, 0.4) is 0 Å². The fourth-order valence-corrected chi connectivity index (χ4v) is 5.64. The quantitative estimate of drug-likeness (QED) is 0.327. The highest BCUT2D eigenvalue weighted by atomic mass is 19.4. The topological polar surface area (TPSA) is 90.8 Å². The molecule has 3 aliphatic rings. The minimum atomic E-state index is -4.45. The Labute approximate surface area is 232 Å². The van der Waals surface area contributed by atoms with E-state index in [1.54, 1.807) is 13.0 Å². The first-order valence-electron chi connectivity index (χ1n) is 14.1. The monoisotopic (exact) mass is 559 g/mol. The standard InChI is InChI=1S/C29H36F3N5O3/c1-2-40-28(38)23-18-24(37-12-10-22(11-13-37)36-14-16-39-17-15-36)25(26(33)19-4-3-5-19)27(35-23)34-21-8-6-20(7-9-21)29(30,31)32/h6-9,18-19,22,33H,2-5,10-17H2,1H3,(H,34,35). The summed E-state index contributed by atoms with van der Waals surface area (Å²) in [6.45, 7) is 6.74. The lowest BCUT2D eigenvalue weighted by molar-refractivity contribution is -0.137. The fraction of sp³-hybridized carbons (Fsp3) is 0.552. The summed E-state index contributed by atoms with van der Waals surface area (Å²) in [5, 5.41) is 12.3. The van der Waals surface area contributed by atoms with Crippen LogP contribution in [0.15, 0.2) is 30.3 Å². The number of hydrogen-bond acceptors (Lipinski definition) is 8. The molecular formula is C29H36F3N5O3. The number of esters is 1. The average molecular weight is 560 g/mol. The number of pyridine rings is 1. The van der Waals surface area contributed by atoms with Gasteiger partial charge in [-0.3, -0.25) is 4.90 Å². The van der Waals surface area contributed by atoms with Gasteiger partial charge in [0.2, 0.25) is 0 Å². The molecule has 0 atom stereocenters. The Hall–Kier alpha value is -3.18. The summed E-state index contributed by atoms with van der Waals surface area (Å²) >= 11 is 0. The van der Waals surface area contributed by atoms with Gasteiger partial charge in [0.1, 0.15) is 5.82 Å². The van der Waals surface area contributed by atoms with E-state index in [4.69, 9.17) is 14.9 Å². The molecule has 0 bridgehead atoms. The first-order chi connectivity index (χ1) is 19.2. The van der Waals surface area contributed by atoms with Crippen molar-refractivity contribution in [2.24, 2.45) is 5.92 Å². The van der Waals surface area contributed by atoms with Gasteiger partial charge >= 0.3 is 12.1 Å². The van der Waals surface area contributed by atoms with Gasteiger partial charge in [-0.05, 0) is 62.9 Å². The summed E-state index contributed by atoms with van der Waals surface area (Å²) in [6.07, 6.45) is 0.277. The number of carbonyl (C=O) groups is 1. The molecule has 40 heavy (non-hydrogen) atoms. The molecule has 0 radical (unpaired) electrons. The number of hydrogen-bond donors (Lipinski definition) is 2. The fourth-order valence-electron chi connectivity index (χ4n) is 5.64. The first-order valence-corrected chi connectivity index (χ1v) is 14.1. The molecule has 1 aromatic heterocycles. The lowest BCUT2D eigenvalue weighted by atomic mass is 9.79. The largest absolute Gasteiger partial charge is 0.461 e. The molecule has 0 unspecified atom stereocenters. The minimum Gasteiger partial charge on any atom is -0.461 e. The molecule has 5 rings (SSSR count). The molecule has 1 aromatic carbocycles. The maximum absolute atomic E-state index is 13.1. The van der Waals surface area contributed by atoms with Crippen LogP contribution in [0, 0.1) is 11.3 Å². The summed E-state index contributed by atoms with van der Waals surface area (Å²) < 4.78 is 50.2. The van der Waals surface area contributed by atoms with Crippen LogP contribution in [0.2, 0.25) is 0 Å². The van der Waals surface area contributed by atoms with Crippen LogP contribution in [-0.4, -0.2) is 73.6 Å². The van der Waals surface area contributed by atoms with Gasteiger partial charge < -0.3 is 25.1 Å². The summed E-state index contributed by atoms with van der Waals surface area (Å²) in [5.41, 5.74) is 1.52. The molecular weight excluding hydrogens is 523 g/mol. The molecule has 2 aliphatic heterocycles. The van der Waals surface area contributed by atoms with Gasteiger partial charge in [0.15, 0.2) is 5.69 Å². The predicted octanol–water partition coefficient (Wildman–Crippen LogP) is 5.49. The van der Waals surface area contributed by atoms with Gasteiger partial charge in [-0.2, -0.15) is 13.2 Å². The highest BCUT2D eigenvalue weighted by molar-refractivity contribution is 6.10. The molecule has 0 amide bonds. The number of morpholine rings is 1. The molecule has 3 fully saturated rings. The van der Waals surface area contributed by atoms with E-state index in [2.05, 4.69) is 20.1 Å². The zero-order chi connectivity index (χ0) is 28.3. The Bertz CT molecular complexity index is 1200. The summed E-state index contributed by atoms with van der Waals surface area (Å²) in [7, 11) is 0. The zero-order valence-corrected chi connectivity index (χ0v) is 22.7. The second-order valence-electron chi connectivity index (χ2n) is 10.6. The van der Waals surface area contributed by atoms with Crippen LogP contribution in [0.25, 0.3) is 0 Å². The third-order valence-electron chi connectivity index (χ3n) is 8.11. The van der Waals surface area contributed by atoms with Crippen LogP contribution in [0.1, 0.15) is 60.6 Å². The number of alkyl halides is 3. The highest BCUT2D eigenvalue weighted by Crippen LogP contribution is 2.39. The van der Waals surface area contributed by atoms with Crippen molar-refractivity contribution in [3.05, 3.63) is 47.2 Å². The van der Waals surface area contributed by atoms with Crippen molar-refractivity contribution >= 4 is 28.9 Å². The SMILES string of the molecule is CCOC(=O)c1cc(N2CCC(N3CCOCC3)CC2)c(C(=N)C2CCC2)c(Nc2ccc(C(F)(F)F)cc2)n1.